The highest BCUT2D eigenvalue weighted by Gasteiger charge is 2.48. The second kappa shape index (κ2) is 6.44. The van der Waals surface area contributed by atoms with E-state index in [4.69, 9.17) is 0 Å². The van der Waals surface area contributed by atoms with E-state index in [1.165, 1.54) is 32.1 Å². The first kappa shape index (κ1) is 15.8. The zero-order valence-electron chi connectivity index (χ0n) is 13.9. The molecule has 0 spiro atoms. The summed E-state index contributed by atoms with van der Waals surface area (Å²) in [6.45, 7) is 9.92. The van der Waals surface area contributed by atoms with Crippen LogP contribution < -0.4 is 0 Å². The molecule has 0 N–H and O–H groups in total. The Hall–Kier alpha value is 0.390. The first-order valence-corrected chi connectivity index (χ1v) is 9.92. The van der Waals surface area contributed by atoms with Gasteiger partial charge in [-0.1, -0.05) is 54.9 Å². The molecule has 4 unspecified atom stereocenters. The molecule has 0 amide bonds. The van der Waals surface area contributed by atoms with Gasteiger partial charge in [-0.3, -0.25) is 0 Å². The van der Waals surface area contributed by atoms with Crippen molar-refractivity contribution in [3.05, 3.63) is 0 Å². The molecular formula is C17H34NP. The Morgan fingerprint density at radius 2 is 1.53 bits per heavy atom. The summed E-state index contributed by atoms with van der Waals surface area (Å²) >= 11 is 0. The Labute approximate surface area is 122 Å². The third-order valence-corrected chi connectivity index (χ3v) is 9.35. The molecule has 0 aliphatic heterocycles. The average Bonchev–Trinajstić information content (AvgIpc) is 2.68. The van der Waals surface area contributed by atoms with Crippen LogP contribution >= 0.6 is 7.92 Å². The van der Waals surface area contributed by atoms with E-state index in [9.17, 15) is 0 Å². The molecule has 4 atom stereocenters. The maximum absolute atomic E-state index is 2.56. The number of hydrogen-bond donors (Lipinski definition) is 0. The van der Waals surface area contributed by atoms with Gasteiger partial charge in [0, 0.05) is 6.04 Å². The lowest BCUT2D eigenvalue weighted by Crippen LogP contribution is -2.39. The van der Waals surface area contributed by atoms with Crippen molar-refractivity contribution in [3.8, 4) is 0 Å². The van der Waals surface area contributed by atoms with Crippen molar-refractivity contribution < 1.29 is 0 Å². The summed E-state index contributed by atoms with van der Waals surface area (Å²) in [5.41, 5.74) is 2.79. The Bertz CT molecular complexity index is 277. The molecule has 0 bridgehead atoms. The maximum atomic E-state index is 2.56. The number of fused-ring (bicyclic) bond motifs is 1. The van der Waals surface area contributed by atoms with E-state index in [1.54, 1.807) is 0 Å². The van der Waals surface area contributed by atoms with Gasteiger partial charge in [-0.25, -0.2) is 0 Å². The molecule has 2 rings (SSSR count). The van der Waals surface area contributed by atoms with Crippen LogP contribution in [0.5, 0.6) is 0 Å². The van der Waals surface area contributed by atoms with Gasteiger partial charge in [-0.05, 0) is 55.7 Å². The van der Waals surface area contributed by atoms with Crippen LogP contribution in [0.4, 0.5) is 0 Å². The summed E-state index contributed by atoms with van der Waals surface area (Å²) in [4.78, 5) is 2.56. The van der Waals surface area contributed by atoms with Crippen molar-refractivity contribution in [1.29, 1.82) is 0 Å². The number of nitrogens with zero attached hydrogens (tertiary/aromatic N) is 1. The molecule has 112 valence electrons. The lowest BCUT2D eigenvalue weighted by atomic mass is 9.82. The summed E-state index contributed by atoms with van der Waals surface area (Å²) in [6.07, 6.45) is 7.52. The van der Waals surface area contributed by atoms with Gasteiger partial charge in [0.15, 0.2) is 0 Å². The first-order chi connectivity index (χ1) is 8.93. The van der Waals surface area contributed by atoms with Crippen LogP contribution in [-0.2, 0) is 0 Å². The fourth-order valence-corrected chi connectivity index (χ4v) is 9.12. The summed E-state index contributed by atoms with van der Waals surface area (Å²) < 4.78 is 0. The topological polar surface area (TPSA) is 3.24 Å². The monoisotopic (exact) mass is 283 g/mol. The molecule has 0 aromatic rings. The van der Waals surface area contributed by atoms with E-state index >= 15 is 0 Å². The highest BCUT2D eigenvalue weighted by molar-refractivity contribution is 7.59. The lowest BCUT2D eigenvalue weighted by Gasteiger charge is -2.42. The highest BCUT2D eigenvalue weighted by atomic mass is 31.1. The zero-order chi connectivity index (χ0) is 14.2. The third-order valence-electron chi connectivity index (χ3n) is 5.55. The third kappa shape index (κ3) is 3.18. The molecule has 0 radical (unpaired) electrons. The maximum Gasteiger partial charge on any atom is 0.0162 e. The van der Waals surface area contributed by atoms with Crippen LogP contribution in [0.2, 0.25) is 0 Å². The van der Waals surface area contributed by atoms with Crippen LogP contribution in [0.1, 0.15) is 59.8 Å². The predicted molar refractivity (Wildman–Crippen MR) is 88.5 cm³/mol. The van der Waals surface area contributed by atoms with Gasteiger partial charge in [0.05, 0.1) is 0 Å². The molecule has 2 heteroatoms. The van der Waals surface area contributed by atoms with Crippen LogP contribution in [0.25, 0.3) is 0 Å². The highest BCUT2D eigenvalue weighted by Crippen LogP contribution is 2.61. The smallest absolute Gasteiger partial charge is 0.0162 e. The van der Waals surface area contributed by atoms with Gasteiger partial charge in [0.1, 0.15) is 0 Å². The number of rotatable bonds is 4. The molecular weight excluding hydrogens is 249 g/mol. The Kier molecular flexibility index (Phi) is 5.34. The van der Waals surface area contributed by atoms with E-state index in [0.29, 0.717) is 0 Å². The predicted octanol–water partition coefficient (Wildman–Crippen LogP) is 4.79. The Balaban J connectivity index is 2.25. The largest absolute Gasteiger partial charge is 0.306 e. The molecule has 0 aromatic heterocycles. The summed E-state index contributed by atoms with van der Waals surface area (Å²) in [5.74, 6) is 2.10. The molecule has 0 aromatic carbocycles. The SMILES string of the molecule is CC(C)P(C(C)C)C1C2CCCCC2CC1N(C)C. The zero-order valence-corrected chi connectivity index (χ0v) is 14.8. The summed E-state index contributed by atoms with van der Waals surface area (Å²) in [6, 6.07) is 0.865. The second-order valence-electron chi connectivity index (χ2n) is 7.60. The van der Waals surface area contributed by atoms with Gasteiger partial charge in [-0.2, -0.15) is 0 Å². The molecule has 0 heterocycles. The minimum atomic E-state index is 0.163. The van der Waals surface area contributed by atoms with Crippen molar-refractivity contribution in [1.82, 2.24) is 4.90 Å². The van der Waals surface area contributed by atoms with Crippen LogP contribution in [0.3, 0.4) is 0 Å². The standard InChI is InChI=1S/C17H34NP/c1-12(2)19(13(3)4)17-15-10-8-7-9-14(15)11-16(17)18(5)6/h12-17H,7-11H2,1-6H3. The molecule has 1 nitrogen and oxygen atoms in total. The normalized spacial score (nSPS) is 35.7. The molecule has 2 saturated carbocycles. The van der Waals surface area contributed by atoms with E-state index in [1.807, 2.05) is 0 Å². The fraction of sp³-hybridized carbons (Fsp3) is 1.00. The van der Waals surface area contributed by atoms with Gasteiger partial charge >= 0.3 is 0 Å². The lowest BCUT2D eigenvalue weighted by molar-refractivity contribution is 0.279. The first-order valence-electron chi connectivity index (χ1n) is 8.37. The molecule has 2 aliphatic rings. The van der Waals surface area contributed by atoms with E-state index in [0.717, 1.165) is 34.9 Å². The number of hydrogen-bond acceptors (Lipinski definition) is 1. The Morgan fingerprint density at radius 3 is 2.05 bits per heavy atom. The minimum Gasteiger partial charge on any atom is -0.306 e. The van der Waals surface area contributed by atoms with Crippen molar-refractivity contribution in [2.75, 3.05) is 14.1 Å². The summed E-state index contributed by atoms with van der Waals surface area (Å²) in [7, 11) is 4.81. The van der Waals surface area contributed by atoms with E-state index < -0.39 is 0 Å². The minimum absolute atomic E-state index is 0.163. The van der Waals surface area contributed by atoms with Crippen LogP contribution in [-0.4, -0.2) is 42.0 Å². The molecule has 19 heavy (non-hydrogen) atoms. The van der Waals surface area contributed by atoms with E-state index in [-0.39, 0.29) is 7.92 Å². The fourth-order valence-electron chi connectivity index (χ4n) is 4.93. The quantitative estimate of drug-likeness (QED) is 0.670. The molecule has 2 aliphatic carbocycles. The van der Waals surface area contributed by atoms with Crippen molar-refractivity contribution in [2.45, 2.75) is 82.8 Å². The summed E-state index contributed by atoms with van der Waals surface area (Å²) in [5, 5.41) is 0. The molecule has 2 fully saturated rings. The Morgan fingerprint density at radius 1 is 0.947 bits per heavy atom. The van der Waals surface area contributed by atoms with Crippen molar-refractivity contribution >= 4 is 7.92 Å². The van der Waals surface area contributed by atoms with Gasteiger partial charge < -0.3 is 4.90 Å². The average molecular weight is 283 g/mol. The van der Waals surface area contributed by atoms with E-state index in [2.05, 4.69) is 46.7 Å². The second-order valence-corrected chi connectivity index (χ2v) is 11.2. The van der Waals surface area contributed by atoms with Gasteiger partial charge in [0.25, 0.3) is 0 Å². The molecule has 0 saturated heterocycles. The van der Waals surface area contributed by atoms with Crippen molar-refractivity contribution in [2.24, 2.45) is 11.8 Å². The van der Waals surface area contributed by atoms with Crippen LogP contribution in [0, 0.1) is 11.8 Å². The van der Waals surface area contributed by atoms with Gasteiger partial charge in [-0.15, -0.1) is 0 Å². The van der Waals surface area contributed by atoms with Gasteiger partial charge in [0.2, 0.25) is 0 Å². The van der Waals surface area contributed by atoms with Crippen molar-refractivity contribution in [3.63, 3.8) is 0 Å². The van der Waals surface area contributed by atoms with Crippen LogP contribution in [0.15, 0.2) is 0 Å².